The molecule has 2 aromatic carbocycles. The topological polar surface area (TPSA) is 72.5 Å². The second-order valence-corrected chi connectivity index (χ2v) is 9.15. The molecule has 1 N–H and O–H groups in total. The number of hydrogen-bond acceptors (Lipinski definition) is 4. The van der Waals surface area contributed by atoms with Crippen molar-refractivity contribution in [2.24, 2.45) is 5.92 Å². The van der Waals surface area contributed by atoms with E-state index in [0.717, 1.165) is 29.7 Å². The summed E-state index contributed by atoms with van der Waals surface area (Å²) in [6.07, 6.45) is 2.09. The molecule has 0 bridgehead atoms. The fourth-order valence-corrected chi connectivity index (χ4v) is 4.29. The van der Waals surface area contributed by atoms with Crippen molar-refractivity contribution in [2.75, 3.05) is 12.9 Å². The molecule has 3 rings (SSSR count). The van der Waals surface area contributed by atoms with Crippen molar-refractivity contribution < 1.29 is 17.9 Å². The average molecular weight is 388 g/mol. The van der Waals surface area contributed by atoms with Crippen LogP contribution < -0.4 is 10.1 Å². The predicted molar refractivity (Wildman–Crippen MR) is 104 cm³/mol. The number of methoxy groups -OCH3 is 1. The highest BCUT2D eigenvalue weighted by Crippen LogP contribution is 2.41. The summed E-state index contributed by atoms with van der Waals surface area (Å²) in [4.78, 5) is 12.7. The number of hydrogen-bond donors (Lipinski definition) is 1. The van der Waals surface area contributed by atoms with Crippen LogP contribution in [0, 0.1) is 12.8 Å². The molecule has 27 heavy (non-hydrogen) atoms. The summed E-state index contributed by atoms with van der Waals surface area (Å²) >= 11 is 0. The molecule has 1 saturated carbocycles. The fraction of sp³-hybridized carbons (Fsp3) is 0.381. The van der Waals surface area contributed by atoms with Crippen molar-refractivity contribution in [1.82, 2.24) is 5.32 Å². The maximum absolute atomic E-state index is 12.4. The summed E-state index contributed by atoms with van der Waals surface area (Å²) in [6, 6.07) is 14.3. The Balaban J connectivity index is 1.62. The van der Waals surface area contributed by atoms with Crippen LogP contribution in [-0.4, -0.2) is 27.2 Å². The van der Waals surface area contributed by atoms with E-state index in [1.54, 1.807) is 31.4 Å². The smallest absolute Gasteiger partial charge is 0.221 e. The molecule has 5 nitrogen and oxygen atoms in total. The molecule has 1 aliphatic carbocycles. The van der Waals surface area contributed by atoms with Gasteiger partial charge in [-0.2, -0.15) is 0 Å². The van der Waals surface area contributed by atoms with Gasteiger partial charge in [-0.15, -0.1) is 0 Å². The van der Waals surface area contributed by atoms with E-state index in [1.165, 1.54) is 0 Å². The molecule has 0 aliphatic heterocycles. The molecule has 0 aromatic heterocycles. The zero-order chi connectivity index (χ0) is 19.4. The van der Waals surface area contributed by atoms with Gasteiger partial charge in [0.15, 0.2) is 9.84 Å². The number of benzene rings is 2. The van der Waals surface area contributed by atoms with Crippen molar-refractivity contribution in [3.05, 3.63) is 59.7 Å². The van der Waals surface area contributed by atoms with E-state index >= 15 is 0 Å². The first-order valence-corrected chi connectivity index (χ1v) is 10.8. The van der Waals surface area contributed by atoms with Crippen LogP contribution >= 0.6 is 0 Å². The highest BCUT2D eigenvalue weighted by atomic mass is 32.2. The first kappa shape index (κ1) is 19.4. The Morgan fingerprint density at radius 3 is 2.30 bits per heavy atom. The summed E-state index contributed by atoms with van der Waals surface area (Å²) in [5.74, 6) is 0.750. The summed E-state index contributed by atoms with van der Waals surface area (Å²) in [7, 11) is -1.85. The molecule has 0 spiro atoms. The molecule has 1 fully saturated rings. The Labute approximate surface area is 160 Å². The van der Waals surface area contributed by atoms with Crippen molar-refractivity contribution in [3.8, 4) is 5.75 Å². The number of ether oxygens (including phenoxy) is 1. The summed E-state index contributed by atoms with van der Waals surface area (Å²) in [6.45, 7) is 1.90. The van der Waals surface area contributed by atoms with Crippen molar-refractivity contribution in [2.45, 2.75) is 37.1 Å². The lowest BCUT2D eigenvalue weighted by molar-refractivity contribution is -0.121. The summed E-state index contributed by atoms with van der Waals surface area (Å²) < 4.78 is 30.0. The van der Waals surface area contributed by atoms with E-state index in [4.69, 9.17) is 4.74 Å². The number of carbonyl (C=O) groups is 1. The number of amides is 1. The van der Waals surface area contributed by atoms with Crippen molar-refractivity contribution >= 4 is 15.7 Å². The molecular formula is C21H25NO4S. The number of sulfone groups is 1. The van der Waals surface area contributed by atoms with Gasteiger partial charge in [0.25, 0.3) is 0 Å². The zero-order valence-electron chi connectivity index (χ0n) is 15.6. The first-order valence-electron chi connectivity index (χ1n) is 9.12. The normalized spacial score (nSPS) is 15.2. The van der Waals surface area contributed by atoms with Crippen LogP contribution in [-0.2, 0) is 14.6 Å². The molecule has 0 radical (unpaired) electrons. The maximum Gasteiger partial charge on any atom is 0.221 e. The number of nitrogens with one attached hydrogen (secondary N) is 1. The van der Waals surface area contributed by atoms with Gasteiger partial charge in [0, 0.05) is 6.42 Å². The van der Waals surface area contributed by atoms with Crippen LogP contribution in [0.4, 0.5) is 0 Å². The fourth-order valence-electron chi connectivity index (χ4n) is 3.05. The van der Waals surface area contributed by atoms with Gasteiger partial charge in [-0.05, 0) is 55.5 Å². The minimum atomic E-state index is -3.46. The zero-order valence-corrected chi connectivity index (χ0v) is 16.5. The summed E-state index contributed by atoms with van der Waals surface area (Å²) in [5.41, 5.74) is 2.02. The van der Waals surface area contributed by atoms with Gasteiger partial charge in [0.05, 0.1) is 23.8 Å². The molecule has 1 atom stereocenters. The van der Waals surface area contributed by atoms with E-state index in [9.17, 15) is 13.2 Å². The van der Waals surface area contributed by atoms with Gasteiger partial charge in [0.1, 0.15) is 5.75 Å². The lowest BCUT2D eigenvalue weighted by atomic mass is 10.0. The Bertz CT molecular complexity index is 885. The Hall–Kier alpha value is -2.34. The van der Waals surface area contributed by atoms with Crippen LogP contribution in [0.1, 0.15) is 36.4 Å². The molecule has 1 unspecified atom stereocenters. The lowest BCUT2D eigenvalue weighted by Crippen LogP contribution is -2.31. The van der Waals surface area contributed by atoms with Gasteiger partial charge in [-0.25, -0.2) is 8.42 Å². The Morgan fingerprint density at radius 2 is 1.74 bits per heavy atom. The Kier molecular flexibility index (Phi) is 5.85. The SMILES string of the molecule is COc1ccc(C(NC(=O)CCS(=O)(=O)c2ccc(C)cc2)C2CC2)cc1. The molecule has 0 saturated heterocycles. The lowest BCUT2D eigenvalue weighted by Gasteiger charge is -2.19. The minimum absolute atomic E-state index is 0.0460. The van der Waals surface area contributed by atoms with Crippen molar-refractivity contribution in [1.29, 1.82) is 0 Å². The van der Waals surface area contributed by atoms with E-state index < -0.39 is 9.84 Å². The van der Waals surface area contributed by atoms with E-state index in [2.05, 4.69) is 5.32 Å². The number of rotatable bonds is 8. The maximum atomic E-state index is 12.4. The third-order valence-electron chi connectivity index (χ3n) is 4.86. The predicted octanol–water partition coefficient (Wildman–Crippen LogP) is 3.43. The molecule has 144 valence electrons. The molecule has 1 aliphatic rings. The highest BCUT2D eigenvalue weighted by molar-refractivity contribution is 7.91. The average Bonchev–Trinajstić information content (AvgIpc) is 3.50. The van der Waals surface area contributed by atoms with Crippen LogP contribution in [0.15, 0.2) is 53.4 Å². The second kappa shape index (κ2) is 8.13. The molecule has 1 amide bonds. The van der Waals surface area contributed by atoms with E-state index in [-0.39, 0.29) is 29.0 Å². The number of aryl methyl sites for hydroxylation is 1. The Morgan fingerprint density at radius 1 is 1.11 bits per heavy atom. The van der Waals surface area contributed by atoms with Gasteiger partial charge < -0.3 is 10.1 Å². The molecule has 0 heterocycles. The monoisotopic (exact) mass is 387 g/mol. The van der Waals surface area contributed by atoms with Gasteiger partial charge in [0.2, 0.25) is 5.91 Å². The van der Waals surface area contributed by atoms with E-state index in [0.29, 0.717) is 5.92 Å². The number of carbonyl (C=O) groups excluding carboxylic acids is 1. The molecule has 6 heteroatoms. The third kappa shape index (κ3) is 5.10. The third-order valence-corrected chi connectivity index (χ3v) is 6.59. The molecule has 2 aromatic rings. The van der Waals surface area contributed by atoms with Crippen molar-refractivity contribution in [3.63, 3.8) is 0 Å². The second-order valence-electron chi connectivity index (χ2n) is 7.04. The van der Waals surface area contributed by atoms with Gasteiger partial charge >= 0.3 is 0 Å². The van der Waals surface area contributed by atoms with E-state index in [1.807, 2.05) is 31.2 Å². The van der Waals surface area contributed by atoms with Crippen LogP contribution in [0.2, 0.25) is 0 Å². The standard InChI is InChI=1S/C21H25NO4S/c1-15-3-11-19(12-4-15)27(24,25)14-13-20(23)22-21(16-5-6-16)17-7-9-18(26-2)10-8-17/h3-4,7-12,16,21H,5-6,13-14H2,1-2H3,(H,22,23). The largest absolute Gasteiger partial charge is 0.497 e. The summed E-state index contributed by atoms with van der Waals surface area (Å²) in [5, 5.41) is 3.02. The van der Waals surface area contributed by atoms with Crippen LogP contribution in [0.5, 0.6) is 5.75 Å². The quantitative estimate of drug-likeness (QED) is 0.753. The van der Waals surface area contributed by atoms with Crippen LogP contribution in [0.3, 0.4) is 0 Å². The minimum Gasteiger partial charge on any atom is -0.497 e. The molecular weight excluding hydrogens is 362 g/mol. The first-order chi connectivity index (χ1) is 12.9. The van der Waals surface area contributed by atoms with Gasteiger partial charge in [-0.3, -0.25) is 4.79 Å². The highest BCUT2D eigenvalue weighted by Gasteiger charge is 2.33. The van der Waals surface area contributed by atoms with Gasteiger partial charge in [-0.1, -0.05) is 29.8 Å². The van der Waals surface area contributed by atoms with Crippen LogP contribution in [0.25, 0.3) is 0 Å².